The van der Waals surface area contributed by atoms with Crippen LogP contribution >= 0.6 is 0 Å². The molecule has 0 bridgehead atoms. The maximum Gasteiger partial charge on any atom is 0.137 e. The van der Waals surface area contributed by atoms with Gasteiger partial charge in [-0.05, 0) is 55.5 Å². The molecular formula is C19H22N4O. The molecule has 24 heavy (non-hydrogen) atoms. The van der Waals surface area contributed by atoms with Gasteiger partial charge in [0, 0.05) is 42.8 Å². The number of aryl methyl sites for hydroxylation is 4. The van der Waals surface area contributed by atoms with Crippen molar-refractivity contribution < 1.29 is 4.52 Å². The average molecular weight is 322 g/mol. The second-order valence-corrected chi connectivity index (χ2v) is 5.82. The lowest BCUT2D eigenvalue weighted by atomic mass is 10.1. The fraction of sp³-hybridized carbons (Fsp3) is 0.316. The van der Waals surface area contributed by atoms with Gasteiger partial charge in [0.15, 0.2) is 0 Å². The third-order valence-electron chi connectivity index (χ3n) is 3.95. The molecular weight excluding hydrogens is 300 g/mol. The van der Waals surface area contributed by atoms with Crippen LogP contribution in [0.15, 0.2) is 53.3 Å². The van der Waals surface area contributed by atoms with Gasteiger partial charge in [0.25, 0.3) is 0 Å². The minimum absolute atomic E-state index is 0.420. The maximum atomic E-state index is 5.53. The molecule has 0 fully saturated rings. The summed E-state index contributed by atoms with van der Waals surface area (Å²) in [6, 6.07) is 12.2. The van der Waals surface area contributed by atoms with Crippen LogP contribution in [0, 0.1) is 0 Å². The minimum Gasteiger partial charge on any atom is -0.361 e. The van der Waals surface area contributed by atoms with Gasteiger partial charge in [-0.3, -0.25) is 9.97 Å². The Bertz CT molecular complexity index is 755. The zero-order valence-corrected chi connectivity index (χ0v) is 13.7. The highest BCUT2D eigenvalue weighted by atomic mass is 16.5. The van der Waals surface area contributed by atoms with E-state index in [2.05, 4.69) is 33.3 Å². The molecule has 2 N–H and O–H groups in total. The number of nitrogens with two attached hydrogens (primary N) is 1. The Morgan fingerprint density at radius 3 is 2.54 bits per heavy atom. The topological polar surface area (TPSA) is 77.8 Å². The van der Waals surface area contributed by atoms with E-state index in [1.165, 1.54) is 5.56 Å². The van der Waals surface area contributed by atoms with Crippen LogP contribution in [-0.2, 0) is 32.2 Å². The molecule has 3 heterocycles. The van der Waals surface area contributed by atoms with Gasteiger partial charge in [0.2, 0.25) is 0 Å². The third-order valence-corrected chi connectivity index (χ3v) is 3.95. The van der Waals surface area contributed by atoms with Gasteiger partial charge in [0.05, 0.1) is 5.69 Å². The number of pyridine rings is 2. The van der Waals surface area contributed by atoms with Crippen molar-refractivity contribution >= 4 is 0 Å². The van der Waals surface area contributed by atoms with E-state index in [-0.39, 0.29) is 0 Å². The average Bonchev–Trinajstić information content (AvgIpc) is 3.09. The van der Waals surface area contributed by atoms with Crippen molar-refractivity contribution in [2.75, 3.05) is 0 Å². The molecule has 0 saturated heterocycles. The second kappa shape index (κ2) is 8.36. The van der Waals surface area contributed by atoms with Crippen molar-refractivity contribution in [2.24, 2.45) is 5.73 Å². The normalized spacial score (nSPS) is 10.9. The summed E-state index contributed by atoms with van der Waals surface area (Å²) in [4.78, 5) is 8.83. The quantitative estimate of drug-likeness (QED) is 0.690. The molecule has 0 aromatic carbocycles. The highest BCUT2D eigenvalue weighted by Crippen LogP contribution is 2.11. The predicted molar refractivity (Wildman–Crippen MR) is 92.3 cm³/mol. The summed E-state index contributed by atoms with van der Waals surface area (Å²) in [6.45, 7) is 0.420. The molecule has 0 saturated carbocycles. The largest absolute Gasteiger partial charge is 0.361 e. The molecule has 3 aromatic heterocycles. The smallest absolute Gasteiger partial charge is 0.137 e. The molecule has 0 radical (unpaired) electrons. The van der Waals surface area contributed by atoms with Crippen LogP contribution in [0.4, 0.5) is 0 Å². The zero-order chi connectivity index (χ0) is 16.6. The van der Waals surface area contributed by atoms with Gasteiger partial charge in [-0.2, -0.15) is 0 Å². The van der Waals surface area contributed by atoms with Gasteiger partial charge in [-0.1, -0.05) is 11.2 Å². The van der Waals surface area contributed by atoms with Crippen molar-refractivity contribution in [1.82, 2.24) is 15.1 Å². The van der Waals surface area contributed by atoms with Gasteiger partial charge in [-0.25, -0.2) is 0 Å². The Kier molecular flexibility index (Phi) is 5.69. The molecule has 0 aliphatic rings. The van der Waals surface area contributed by atoms with Crippen molar-refractivity contribution in [3.63, 3.8) is 0 Å². The lowest BCUT2D eigenvalue weighted by Crippen LogP contribution is -1.97. The van der Waals surface area contributed by atoms with Crippen LogP contribution in [0.25, 0.3) is 0 Å². The fourth-order valence-corrected chi connectivity index (χ4v) is 2.65. The van der Waals surface area contributed by atoms with Gasteiger partial charge in [0.1, 0.15) is 5.76 Å². The van der Waals surface area contributed by atoms with Gasteiger partial charge < -0.3 is 10.3 Å². The summed E-state index contributed by atoms with van der Waals surface area (Å²) in [7, 11) is 0. The summed E-state index contributed by atoms with van der Waals surface area (Å²) in [6.07, 6.45) is 8.43. The predicted octanol–water partition coefficient (Wildman–Crippen LogP) is 2.88. The van der Waals surface area contributed by atoms with E-state index in [0.717, 1.165) is 54.9 Å². The van der Waals surface area contributed by atoms with Crippen molar-refractivity contribution in [2.45, 2.75) is 38.6 Å². The molecule has 0 spiro atoms. The first-order valence-electron chi connectivity index (χ1n) is 8.32. The van der Waals surface area contributed by atoms with E-state index < -0.39 is 0 Å². The van der Waals surface area contributed by atoms with Gasteiger partial charge >= 0.3 is 0 Å². The molecule has 5 heteroatoms. The lowest BCUT2D eigenvalue weighted by molar-refractivity contribution is 0.375. The Morgan fingerprint density at radius 1 is 0.833 bits per heavy atom. The Labute approximate surface area is 141 Å². The third kappa shape index (κ3) is 4.73. The molecule has 0 amide bonds. The standard InChI is InChI=1S/C19H22N4O/c20-14-18-13-19(24-23-18)6-3-5-17-12-15(9-11-22-17)7-8-16-4-1-2-10-21-16/h1-2,4,9-13H,3,5-8,14,20H2. The van der Waals surface area contributed by atoms with E-state index in [0.29, 0.717) is 6.54 Å². The fourth-order valence-electron chi connectivity index (χ4n) is 2.65. The molecule has 0 aliphatic heterocycles. The summed E-state index contributed by atoms with van der Waals surface area (Å²) in [5.41, 5.74) is 9.88. The number of aromatic nitrogens is 3. The zero-order valence-electron chi connectivity index (χ0n) is 13.7. The van der Waals surface area contributed by atoms with Crippen LogP contribution in [0.5, 0.6) is 0 Å². The molecule has 3 rings (SSSR count). The van der Waals surface area contributed by atoms with Crippen LogP contribution in [-0.4, -0.2) is 15.1 Å². The Morgan fingerprint density at radius 2 is 1.75 bits per heavy atom. The van der Waals surface area contributed by atoms with E-state index in [1.807, 2.05) is 30.6 Å². The molecule has 3 aromatic rings. The summed E-state index contributed by atoms with van der Waals surface area (Å²) in [5, 5.41) is 3.91. The molecule has 5 nitrogen and oxygen atoms in total. The molecule has 0 unspecified atom stereocenters. The SMILES string of the molecule is NCc1cc(CCCc2cc(CCc3ccccn3)ccn2)on1. The monoisotopic (exact) mass is 322 g/mol. The summed E-state index contributed by atoms with van der Waals surface area (Å²) in [5.74, 6) is 0.891. The van der Waals surface area contributed by atoms with E-state index in [4.69, 9.17) is 10.3 Å². The highest BCUT2D eigenvalue weighted by Gasteiger charge is 2.04. The summed E-state index contributed by atoms with van der Waals surface area (Å²) < 4.78 is 5.25. The molecule has 124 valence electrons. The number of hydrogen-bond acceptors (Lipinski definition) is 5. The number of rotatable bonds is 8. The van der Waals surface area contributed by atoms with Crippen LogP contribution in [0.2, 0.25) is 0 Å². The van der Waals surface area contributed by atoms with Crippen molar-refractivity contribution in [1.29, 1.82) is 0 Å². The first-order valence-corrected chi connectivity index (χ1v) is 8.32. The number of nitrogens with zero attached hydrogens (tertiary/aromatic N) is 3. The molecule has 0 aliphatic carbocycles. The van der Waals surface area contributed by atoms with Crippen molar-refractivity contribution in [3.8, 4) is 0 Å². The van der Waals surface area contributed by atoms with Crippen LogP contribution in [0.3, 0.4) is 0 Å². The number of hydrogen-bond donors (Lipinski definition) is 1. The first kappa shape index (κ1) is 16.3. The summed E-state index contributed by atoms with van der Waals surface area (Å²) >= 11 is 0. The van der Waals surface area contributed by atoms with E-state index in [9.17, 15) is 0 Å². The van der Waals surface area contributed by atoms with E-state index in [1.54, 1.807) is 0 Å². The van der Waals surface area contributed by atoms with Gasteiger partial charge in [-0.15, -0.1) is 0 Å². The van der Waals surface area contributed by atoms with Crippen molar-refractivity contribution in [3.05, 3.63) is 77.2 Å². The second-order valence-electron chi connectivity index (χ2n) is 5.82. The maximum absolute atomic E-state index is 5.53. The lowest BCUT2D eigenvalue weighted by Gasteiger charge is -2.04. The van der Waals surface area contributed by atoms with Crippen LogP contribution < -0.4 is 5.73 Å². The minimum atomic E-state index is 0.420. The van der Waals surface area contributed by atoms with Crippen LogP contribution in [0.1, 0.15) is 34.8 Å². The molecule has 0 atom stereocenters. The highest BCUT2D eigenvalue weighted by molar-refractivity contribution is 5.18. The Balaban J connectivity index is 1.49. The van der Waals surface area contributed by atoms with E-state index >= 15 is 0 Å². The first-order chi connectivity index (χ1) is 11.8. The Hall–Kier alpha value is -2.53.